The Labute approximate surface area is 207 Å². The maximum atomic E-state index is 13.2. The second-order valence-electron chi connectivity index (χ2n) is 9.17. The Kier molecular flexibility index (Phi) is 8.04. The minimum absolute atomic E-state index is 0.0484. The van der Waals surface area contributed by atoms with Crippen LogP contribution in [0.3, 0.4) is 0 Å². The zero-order valence-electron chi connectivity index (χ0n) is 21.3. The molecule has 2 aromatic rings. The van der Waals surface area contributed by atoms with Crippen molar-refractivity contribution in [1.29, 1.82) is 0 Å². The quantitative estimate of drug-likeness (QED) is 0.499. The van der Waals surface area contributed by atoms with E-state index >= 15 is 0 Å². The molecule has 0 spiro atoms. The van der Waals surface area contributed by atoms with Crippen LogP contribution < -0.4 is 20.1 Å². The van der Waals surface area contributed by atoms with Crippen LogP contribution in [0.4, 0.5) is 4.79 Å². The van der Waals surface area contributed by atoms with E-state index in [4.69, 9.17) is 9.47 Å². The van der Waals surface area contributed by atoms with Gasteiger partial charge in [0.25, 0.3) is 5.91 Å². The van der Waals surface area contributed by atoms with Gasteiger partial charge in [-0.3, -0.25) is 14.5 Å². The predicted molar refractivity (Wildman–Crippen MR) is 133 cm³/mol. The second-order valence-corrected chi connectivity index (χ2v) is 9.17. The summed E-state index contributed by atoms with van der Waals surface area (Å²) in [5.74, 6) is 0.415. The molecule has 1 aliphatic rings. The fourth-order valence-corrected chi connectivity index (χ4v) is 4.18. The Morgan fingerprint density at radius 3 is 2.26 bits per heavy atom. The molecule has 8 heteroatoms. The van der Waals surface area contributed by atoms with E-state index in [2.05, 4.69) is 10.6 Å². The number of carbonyl (C=O) groups excluding carboxylic acids is 3. The van der Waals surface area contributed by atoms with Gasteiger partial charge in [-0.05, 0) is 56.9 Å². The number of benzene rings is 2. The number of imide groups is 1. The molecule has 1 saturated heterocycles. The highest BCUT2D eigenvalue weighted by atomic mass is 16.5. The number of carbonyl (C=O) groups is 3. The largest absolute Gasteiger partial charge is 0.490 e. The molecular formula is C27H35N3O5. The number of hydrogen-bond acceptors (Lipinski definition) is 5. The van der Waals surface area contributed by atoms with Crippen LogP contribution in [-0.4, -0.2) is 42.5 Å². The SMILES string of the molecule is CCOc1ccc(C(NC(=O)CN2C(=O)NC(C)(c3ccc(C)cc3)C2=O)C(C)C)cc1OCC. The lowest BCUT2D eigenvalue weighted by Crippen LogP contribution is -2.44. The lowest BCUT2D eigenvalue weighted by Gasteiger charge is -2.25. The number of ether oxygens (including phenoxy) is 2. The van der Waals surface area contributed by atoms with E-state index in [9.17, 15) is 14.4 Å². The Balaban J connectivity index is 1.77. The van der Waals surface area contributed by atoms with Gasteiger partial charge in [-0.15, -0.1) is 0 Å². The summed E-state index contributed by atoms with van der Waals surface area (Å²) in [6, 6.07) is 12.0. The molecule has 3 rings (SSSR count). The molecule has 188 valence electrons. The predicted octanol–water partition coefficient (Wildman–Crippen LogP) is 4.07. The van der Waals surface area contributed by atoms with Crippen LogP contribution in [0, 0.1) is 12.8 Å². The Hall–Kier alpha value is -3.55. The number of urea groups is 1. The van der Waals surface area contributed by atoms with Gasteiger partial charge in [0.1, 0.15) is 12.1 Å². The van der Waals surface area contributed by atoms with Crippen LogP contribution in [-0.2, 0) is 15.1 Å². The van der Waals surface area contributed by atoms with Crippen LogP contribution in [0.2, 0.25) is 0 Å². The maximum Gasteiger partial charge on any atom is 0.325 e. The molecule has 2 unspecified atom stereocenters. The summed E-state index contributed by atoms with van der Waals surface area (Å²) in [7, 11) is 0. The van der Waals surface area contributed by atoms with Crippen molar-refractivity contribution >= 4 is 17.8 Å². The molecule has 8 nitrogen and oxygen atoms in total. The van der Waals surface area contributed by atoms with E-state index in [-0.39, 0.29) is 18.5 Å². The molecule has 4 amide bonds. The first-order valence-corrected chi connectivity index (χ1v) is 12.0. The van der Waals surface area contributed by atoms with Crippen molar-refractivity contribution in [2.45, 2.75) is 53.1 Å². The number of amides is 4. The van der Waals surface area contributed by atoms with Gasteiger partial charge in [0.2, 0.25) is 5.91 Å². The Bertz CT molecular complexity index is 1080. The van der Waals surface area contributed by atoms with Gasteiger partial charge in [-0.2, -0.15) is 0 Å². The topological polar surface area (TPSA) is 97.0 Å². The number of hydrogen-bond donors (Lipinski definition) is 2. The van der Waals surface area contributed by atoms with Gasteiger partial charge in [0.05, 0.1) is 19.3 Å². The van der Waals surface area contributed by atoms with Crippen LogP contribution in [0.5, 0.6) is 11.5 Å². The van der Waals surface area contributed by atoms with Crippen molar-refractivity contribution in [2.75, 3.05) is 19.8 Å². The lowest BCUT2D eigenvalue weighted by molar-refractivity contribution is -0.135. The van der Waals surface area contributed by atoms with Crippen molar-refractivity contribution in [1.82, 2.24) is 15.5 Å². The first-order valence-electron chi connectivity index (χ1n) is 12.0. The average molecular weight is 482 g/mol. The molecule has 1 fully saturated rings. The summed E-state index contributed by atoms with van der Waals surface area (Å²) in [5, 5.41) is 5.73. The monoisotopic (exact) mass is 481 g/mol. The van der Waals surface area contributed by atoms with Crippen molar-refractivity contribution in [2.24, 2.45) is 5.92 Å². The average Bonchev–Trinajstić information content (AvgIpc) is 3.03. The summed E-state index contributed by atoms with van der Waals surface area (Å²) < 4.78 is 11.4. The molecule has 35 heavy (non-hydrogen) atoms. The van der Waals surface area contributed by atoms with Crippen molar-refractivity contribution in [3.63, 3.8) is 0 Å². The molecule has 0 bridgehead atoms. The normalized spacial score (nSPS) is 18.4. The molecular weight excluding hydrogens is 446 g/mol. The van der Waals surface area contributed by atoms with Gasteiger partial charge in [0, 0.05) is 0 Å². The van der Waals surface area contributed by atoms with E-state index < -0.39 is 23.4 Å². The van der Waals surface area contributed by atoms with Gasteiger partial charge in [0.15, 0.2) is 11.5 Å². The highest BCUT2D eigenvalue weighted by Crippen LogP contribution is 2.33. The molecule has 0 aromatic heterocycles. The van der Waals surface area contributed by atoms with Crippen LogP contribution >= 0.6 is 0 Å². The molecule has 1 heterocycles. The Morgan fingerprint density at radius 1 is 1.03 bits per heavy atom. The Morgan fingerprint density at radius 2 is 1.66 bits per heavy atom. The second kappa shape index (κ2) is 10.8. The zero-order chi connectivity index (χ0) is 25.8. The number of nitrogens with one attached hydrogen (secondary N) is 2. The standard InChI is InChI=1S/C27H35N3O5/c1-7-34-21-14-11-19(15-22(21)35-8-2)24(17(3)4)28-23(31)16-30-25(32)27(6,29-26(30)33)20-12-9-18(5)10-13-20/h9-15,17,24H,7-8,16H2,1-6H3,(H,28,31)(H,29,33). The van der Waals surface area contributed by atoms with E-state index in [1.165, 1.54) is 0 Å². The van der Waals surface area contributed by atoms with Gasteiger partial charge in [-0.1, -0.05) is 49.7 Å². The maximum absolute atomic E-state index is 13.2. The first-order chi connectivity index (χ1) is 16.6. The number of nitrogens with zero attached hydrogens (tertiary/aromatic N) is 1. The summed E-state index contributed by atoms with van der Waals surface area (Å²) in [6.07, 6.45) is 0. The fraction of sp³-hybridized carbons (Fsp3) is 0.444. The third kappa shape index (κ3) is 5.58. The molecule has 2 aromatic carbocycles. The van der Waals surface area contributed by atoms with Gasteiger partial charge >= 0.3 is 6.03 Å². The van der Waals surface area contributed by atoms with E-state index in [1.54, 1.807) is 6.92 Å². The van der Waals surface area contributed by atoms with Crippen LogP contribution in [0.15, 0.2) is 42.5 Å². The zero-order valence-corrected chi connectivity index (χ0v) is 21.3. The lowest BCUT2D eigenvalue weighted by atomic mass is 9.91. The number of rotatable bonds is 10. The molecule has 2 atom stereocenters. The highest BCUT2D eigenvalue weighted by Gasteiger charge is 2.49. The van der Waals surface area contributed by atoms with Gasteiger partial charge in [-0.25, -0.2) is 4.79 Å². The van der Waals surface area contributed by atoms with Crippen LogP contribution in [0.1, 0.15) is 57.4 Å². The molecule has 2 N–H and O–H groups in total. The summed E-state index contributed by atoms with van der Waals surface area (Å²) in [4.78, 5) is 39.8. The van der Waals surface area contributed by atoms with E-state index in [0.717, 1.165) is 16.0 Å². The summed E-state index contributed by atoms with van der Waals surface area (Å²) in [5.41, 5.74) is 1.35. The van der Waals surface area contributed by atoms with E-state index in [1.807, 2.05) is 77.1 Å². The van der Waals surface area contributed by atoms with Crippen LogP contribution in [0.25, 0.3) is 0 Å². The number of aryl methyl sites for hydroxylation is 1. The summed E-state index contributed by atoms with van der Waals surface area (Å²) >= 11 is 0. The fourth-order valence-electron chi connectivity index (χ4n) is 4.18. The summed E-state index contributed by atoms with van der Waals surface area (Å²) in [6.45, 7) is 12.0. The van der Waals surface area contributed by atoms with Crippen molar-refractivity contribution in [3.8, 4) is 11.5 Å². The smallest absolute Gasteiger partial charge is 0.325 e. The minimum Gasteiger partial charge on any atom is -0.490 e. The minimum atomic E-state index is -1.22. The molecule has 0 radical (unpaired) electrons. The third-order valence-electron chi connectivity index (χ3n) is 6.12. The van der Waals surface area contributed by atoms with Crippen molar-refractivity contribution < 1.29 is 23.9 Å². The van der Waals surface area contributed by atoms with Crippen molar-refractivity contribution in [3.05, 3.63) is 59.2 Å². The van der Waals surface area contributed by atoms with E-state index in [0.29, 0.717) is 30.3 Å². The molecule has 0 saturated carbocycles. The first kappa shape index (κ1) is 26.1. The molecule has 0 aliphatic carbocycles. The van der Waals surface area contributed by atoms with Gasteiger partial charge < -0.3 is 20.1 Å². The highest BCUT2D eigenvalue weighted by molar-refractivity contribution is 6.09. The molecule has 1 aliphatic heterocycles. The third-order valence-corrected chi connectivity index (χ3v) is 6.12.